The van der Waals surface area contributed by atoms with Crippen molar-refractivity contribution in [2.24, 2.45) is 0 Å². The molecular weight excluding hydrogens is 228 g/mol. The third-order valence-electron chi connectivity index (χ3n) is 1.31. The van der Waals surface area contributed by atoms with E-state index >= 15 is 0 Å². The Morgan fingerprint density at radius 2 is 2.00 bits per heavy atom. The van der Waals surface area contributed by atoms with Crippen LogP contribution in [0.3, 0.4) is 0 Å². The van der Waals surface area contributed by atoms with Crippen LogP contribution in [0.5, 0.6) is 5.75 Å². The van der Waals surface area contributed by atoms with E-state index in [9.17, 15) is 0 Å². The fourth-order valence-electron chi connectivity index (χ4n) is 0.731. The number of halogens is 1. The predicted octanol–water partition coefficient (Wildman–Crippen LogP) is 2.95. The van der Waals surface area contributed by atoms with E-state index in [-0.39, 0.29) is 4.51 Å². The molecule has 0 aliphatic rings. The van der Waals surface area contributed by atoms with Gasteiger partial charge in [-0.25, -0.2) is 0 Å². The van der Waals surface area contributed by atoms with Gasteiger partial charge in [-0.15, -0.1) is 0 Å². The molecule has 0 unspecified atom stereocenters. The number of thiol groups is 1. The van der Waals surface area contributed by atoms with Crippen molar-refractivity contribution in [1.29, 1.82) is 0 Å². The van der Waals surface area contributed by atoms with Crippen molar-refractivity contribution in [2.75, 3.05) is 0 Å². The quantitative estimate of drug-likeness (QED) is 0.285. The lowest BCUT2D eigenvalue weighted by molar-refractivity contribution is -0.109. The Balaban J connectivity index is 2.54. The minimum Gasteiger partial charge on any atom is -0.288 e. The molecule has 0 atom stereocenters. The highest BCUT2D eigenvalue weighted by atomic mass is 35.5. The molecule has 2 nitrogen and oxygen atoms in total. The number of hydrogen-bond donors (Lipinski definition) is 1. The van der Waals surface area contributed by atoms with Crippen LogP contribution in [0.15, 0.2) is 24.3 Å². The number of thiocarbonyl (C=S) groups is 1. The number of hydrogen-bond acceptors (Lipinski definition) is 4. The largest absolute Gasteiger partial charge is 0.310 e. The number of rotatable bonds is 3. The van der Waals surface area contributed by atoms with E-state index in [1.807, 2.05) is 12.1 Å². The summed E-state index contributed by atoms with van der Waals surface area (Å²) in [5.74, 6) is 1.24. The summed E-state index contributed by atoms with van der Waals surface area (Å²) in [6.07, 6.45) is 0. The summed E-state index contributed by atoms with van der Waals surface area (Å²) in [7, 11) is 0. The van der Waals surface area contributed by atoms with E-state index in [1.54, 1.807) is 12.1 Å². The molecule has 5 heteroatoms. The Labute approximate surface area is 92.1 Å². The fraction of sp³-hybridized carbons (Fsp3) is 0.125. The Kier molecular flexibility index (Phi) is 4.35. The molecule has 0 amide bonds. The molecule has 0 spiro atoms. The van der Waals surface area contributed by atoms with Crippen LogP contribution in [0.25, 0.3) is 0 Å². The van der Waals surface area contributed by atoms with Gasteiger partial charge in [-0.3, -0.25) is 9.78 Å². The van der Waals surface area contributed by atoms with Crippen molar-refractivity contribution in [3.8, 4) is 5.75 Å². The van der Waals surface area contributed by atoms with Crippen LogP contribution in [0.1, 0.15) is 5.56 Å². The smallest absolute Gasteiger partial charge is 0.288 e. The van der Waals surface area contributed by atoms with E-state index in [4.69, 9.17) is 16.5 Å². The maximum absolute atomic E-state index is 5.26. The van der Waals surface area contributed by atoms with Gasteiger partial charge < -0.3 is 0 Å². The van der Waals surface area contributed by atoms with Gasteiger partial charge in [0.2, 0.25) is 0 Å². The van der Waals surface area contributed by atoms with Crippen molar-refractivity contribution < 1.29 is 9.78 Å². The molecule has 0 radical (unpaired) electrons. The summed E-state index contributed by atoms with van der Waals surface area (Å²) in [5, 5.41) is 0. The van der Waals surface area contributed by atoms with Crippen LogP contribution >= 0.6 is 36.4 Å². The van der Waals surface area contributed by atoms with Gasteiger partial charge in [-0.05, 0) is 41.5 Å². The summed E-state index contributed by atoms with van der Waals surface area (Å²) in [6, 6.07) is 7.26. The fourth-order valence-corrected chi connectivity index (χ4v) is 1.01. The minimum absolute atomic E-state index is 0.168. The Morgan fingerprint density at radius 3 is 2.46 bits per heavy atom. The van der Waals surface area contributed by atoms with Gasteiger partial charge in [-0.2, -0.15) is 12.6 Å². The standard InChI is InChI=1S/C8H7ClO2S2/c9-8(13)11-10-7-3-1-6(5-12)2-4-7/h1-4,12H,5H2. The molecule has 1 rings (SSSR count). The highest BCUT2D eigenvalue weighted by Gasteiger charge is 1.96. The molecule has 0 aliphatic carbocycles. The van der Waals surface area contributed by atoms with Crippen molar-refractivity contribution in [3.63, 3.8) is 0 Å². The lowest BCUT2D eigenvalue weighted by atomic mass is 10.2. The molecule has 0 heterocycles. The molecule has 0 aromatic heterocycles. The summed E-state index contributed by atoms with van der Waals surface area (Å²) < 4.78 is -0.168. The summed E-state index contributed by atoms with van der Waals surface area (Å²) >= 11 is 13.8. The second kappa shape index (κ2) is 5.32. The second-order valence-corrected chi connectivity index (χ2v) is 3.46. The van der Waals surface area contributed by atoms with Gasteiger partial charge in [0.05, 0.1) is 0 Å². The molecule has 13 heavy (non-hydrogen) atoms. The normalized spacial score (nSPS) is 9.38. The Hall–Kier alpha value is -0.450. The SMILES string of the molecule is S=C(Cl)OOc1ccc(CS)cc1. The maximum Gasteiger partial charge on any atom is 0.310 e. The van der Waals surface area contributed by atoms with Crippen molar-refractivity contribution in [2.45, 2.75) is 5.75 Å². The van der Waals surface area contributed by atoms with Gasteiger partial charge in [-0.1, -0.05) is 12.1 Å². The predicted molar refractivity (Wildman–Crippen MR) is 59.3 cm³/mol. The molecular formula is C8H7ClO2S2. The van der Waals surface area contributed by atoms with Crippen LogP contribution < -0.4 is 4.89 Å². The maximum atomic E-state index is 5.26. The van der Waals surface area contributed by atoms with E-state index in [1.165, 1.54) is 0 Å². The Bertz CT molecular complexity index is 287. The molecule has 0 fully saturated rings. The lowest BCUT2D eigenvalue weighted by Gasteiger charge is -2.02. The van der Waals surface area contributed by atoms with Crippen LogP contribution in [-0.2, 0) is 10.6 Å². The van der Waals surface area contributed by atoms with Crippen molar-refractivity contribution in [1.82, 2.24) is 0 Å². The zero-order valence-corrected chi connectivity index (χ0v) is 9.03. The van der Waals surface area contributed by atoms with Crippen LogP contribution in [-0.4, -0.2) is 4.51 Å². The van der Waals surface area contributed by atoms with Gasteiger partial charge in [0.1, 0.15) is 0 Å². The van der Waals surface area contributed by atoms with Crippen LogP contribution in [0.2, 0.25) is 0 Å². The summed E-state index contributed by atoms with van der Waals surface area (Å²) in [4.78, 5) is 9.25. The van der Waals surface area contributed by atoms with Crippen LogP contribution in [0.4, 0.5) is 0 Å². The van der Waals surface area contributed by atoms with Gasteiger partial charge in [0.15, 0.2) is 5.75 Å². The Morgan fingerprint density at radius 1 is 1.38 bits per heavy atom. The van der Waals surface area contributed by atoms with Crippen LogP contribution in [0, 0.1) is 0 Å². The highest BCUT2D eigenvalue weighted by molar-refractivity contribution is 7.82. The zero-order valence-electron chi connectivity index (χ0n) is 6.57. The number of benzene rings is 1. The average molecular weight is 235 g/mol. The third-order valence-corrected chi connectivity index (χ3v) is 1.81. The summed E-state index contributed by atoms with van der Waals surface area (Å²) in [5.41, 5.74) is 1.10. The highest BCUT2D eigenvalue weighted by Crippen LogP contribution is 2.13. The van der Waals surface area contributed by atoms with Crippen molar-refractivity contribution >= 4 is 41.0 Å². The van der Waals surface area contributed by atoms with E-state index in [0.717, 1.165) is 5.56 Å². The van der Waals surface area contributed by atoms with Gasteiger partial charge in [0, 0.05) is 5.75 Å². The van der Waals surface area contributed by atoms with E-state index in [0.29, 0.717) is 11.5 Å². The minimum atomic E-state index is -0.168. The molecule has 0 aliphatic heterocycles. The van der Waals surface area contributed by atoms with Crippen molar-refractivity contribution in [3.05, 3.63) is 29.8 Å². The second-order valence-electron chi connectivity index (χ2n) is 2.21. The molecule has 1 aromatic rings. The molecule has 70 valence electrons. The topological polar surface area (TPSA) is 18.5 Å². The summed E-state index contributed by atoms with van der Waals surface area (Å²) in [6.45, 7) is 0. The third kappa shape index (κ3) is 3.85. The first-order valence-electron chi connectivity index (χ1n) is 3.46. The first-order valence-corrected chi connectivity index (χ1v) is 4.88. The molecule has 1 aromatic carbocycles. The first kappa shape index (κ1) is 10.6. The van der Waals surface area contributed by atoms with Gasteiger partial charge >= 0.3 is 4.51 Å². The molecule has 0 saturated heterocycles. The lowest BCUT2D eigenvalue weighted by Crippen LogP contribution is -1.98. The molecule has 0 N–H and O–H groups in total. The van der Waals surface area contributed by atoms with Gasteiger partial charge in [0.25, 0.3) is 0 Å². The van der Waals surface area contributed by atoms with E-state index < -0.39 is 0 Å². The monoisotopic (exact) mass is 234 g/mol. The van der Waals surface area contributed by atoms with E-state index in [2.05, 4.69) is 29.7 Å². The average Bonchev–Trinajstić information content (AvgIpc) is 2.15. The first-order chi connectivity index (χ1) is 6.22. The molecule has 0 saturated carbocycles. The zero-order chi connectivity index (χ0) is 9.68. The molecule has 0 bridgehead atoms.